The maximum absolute atomic E-state index is 12.7. The second-order valence-electron chi connectivity index (χ2n) is 6.78. The van der Waals surface area contributed by atoms with Gasteiger partial charge in [-0.05, 0) is 49.6 Å². The number of aryl methyl sites for hydroxylation is 2. The van der Waals surface area contributed by atoms with Gasteiger partial charge in [0.2, 0.25) is 0 Å². The number of aromatic nitrogens is 4. The fourth-order valence-corrected chi connectivity index (χ4v) is 6.72. The van der Waals surface area contributed by atoms with Crippen molar-refractivity contribution in [2.45, 2.75) is 50.1 Å². The largest absolute Gasteiger partial charge is 0.383 e. The Labute approximate surface area is 173 Å². The summed E-state index contributed by atoms with van der Waals surface area (Å²) in [6, 6.07) is 1.89. The van der Waals surface area contributed by atoms with E-state index in [4.69, 9.17) is 10.7 Å². The minimum Gasteiger partial charge on any atom is -0.383 e. The zero-order valence-corrected chi connectivity index (χ0v) is 17.8. The zero-order valence-electron chi connectivity index (χ0n) is 15.4. The summed E-state index contributed by atoms with van der Waals surface area (Å²) in [7, 11) is 0. The molecule has 0 saturated heterocycles. The Morgan fingerprint density at radius 3 is 2.96 bits per heavy atom. The molecule has 0 saturated carbocycles. The van der Waals surface area contributed by atoms with Gasteiger partial charge in [0.15, 0.2) is 5.16 Å². The minimum absolute atomic E-state index is 0.0202. The summed E-state index contributed by atoms with van der Waals surface area (Å²) < 4.78 is 2.42. The molecule has 0 atom stereocenters. The van der Waals surface area contributed by atoms with Gasteiger partial charge in [0, 0.05) is 11.4 Å². The lowest BCUT2D eigenvalue weighted by atomic mass is 9.97. The first-order valence-corrected chi connectivity index (χ1v) is 12.0. The first kappa shape index (κ1) is 18.1. The van der Waals surface area contributed by atoms with Crippen molar-refractivity contribution in [1.82, 2.24) is 19.5 Å². The fraction of sp³-hybridized carbons (Fsp3) is 0.368. The highest BCUT2D eigenvalue weighted by Gasteiger charge is 2.20. The molecule has 0 fully saturated rings. The number of fused-ring (bicyclic) bond motifs is 4. The minimum atomic E-state index is 0.0202. The molecule has 4 aromatic heterocycles. The Morgan fingerprint density at radius 1 is 1.25 bits per heavy atom. The van der Waals surface area contributed by atoms with E-state index in [9.17, 15) is 4.79 Å². The van der Waals surface area contributed by atoms with Crippen LogP contribution in [0.2, 0.25) is 0 Å². The monoisotopic (exact) mass is 429 g/mol. The van der Waals surface area contributed by atoms with Gasteiger partial charge in [-0.2, -0.15) is 0 Å². The number of thiophene rings is 2. The average Bonchev–Trinajstić information content (AvgIpc) is 3.30. The molecule has 0 spiro atoms. The number of anilines is 1. The number of nitrogens with zero attached hydrogens (tertiary/aromatic N) is 4. The average molecular weight is 430 g/mol. The number of thioether (sulfide) groups is 1. The molecular formula is C19H19N5OS3. The number of rotatable bonds is 4. The molecule has 28 heavy (non-hydrogen) atoms. The molecule has 0 unspecified atom stereocenters. The van der Waals surface area contributed by atoms with E-state index in [2.05, 4.69) is 9.97 Å². The van der Waals surface area contributed by atoms with Crippen LogP contribution in [0.15, 0.2) is 21.4 Å². The summed E-state index contributed by atoms with van der Waals surface area (Å²) in [5.41, 5.74) is 8.44. The van der Waals surface area contributed by atoms with E-state index in [1.807, 2.05) is 18.4 Å². The lowest BCUT2D eigenvalue weighted by molar-refractivity contribution is 0.635. The number of nitrogens with two attached hydrogens (primary N) is 1. The van der Waals surface area contributed by atoms with Crippen LogP contribution in [-0.2, 0) is 25.1 Å². The van der Waals surface area contributed by atoms with Crippen LogP contribution in [0, 0.1) is 0 Å². The van der Waals surface area contributed by atoms with Gasteiger partial charge in [0.05, 0.1) is 16.7 Å². The van der Waals surface area contributed by atoms with Crippen LogP contribution < -0.4 is 11.3 Å². The molecule has 4 aromatic rings. The first-order chi connectivity index (χ1) is 13.7. The molecule has 2 N–H and O–H groups in total. The molecule has 0 bridgehead atoms. The summed E-state index contributed by atoms with van der Waals surface area (Å²) in [6.07, 6.45) is 4.64. The Balaban J connectivity index is 1.49. The molecule has 144 valence electrons. The number of hydrogen-bond acceptors (Lipinski definition) is 8. The summed E-state index contributed by atoms with van der Waals surface area (Å²) in [4.78, 5) is 29.1. The van der Waals surface area contributed by atoms with Gasteiger partial charge in [-0.3, -0.25) is 9.36 Å². The number of hydrogen-bond donors (Lipinski definition) is 1. The van der Waals surface area contributed by atoms with E-state index in [-0.39, 0.29) is 5.56 Å². The fourth-order valence-electron chi connectivity index (χ4n) is 3.74. The van der Waals surface area contributed by atoms with Crippen molar-refractivity contribution in [2.24, 2.45) is 0 Å². The van der Waals surface area contributed by atoms with Crippen LogP contribution in [0.1, 0.15) is 36.0 Å². The van der Waals surface area contributed by atoms with E-state index in [1.54, 1.807) is 15.9 Å². The molecule has 0 aromatic carbocycles. The highest BCUT2D eigenvalue weighted by atomic mass is 32.2. The van der Waals surface area contributed by atoms with E-state index < -0.39 is 0 Å². The molecule has 0 amide bonds. The molecule has 4 heterocycles. The second kappa shape index (κ2) is 7.13. The lowest BCUT2D eigenvalue weighted by Gasteiger charge is -2.11. The van der Waals surface area contributed by atoms with Crippen molar-refractivity contribution in [3.63, 3.8) is 0 Å². The third-order valence-corrected chi connectivity index (χ3v) is 8.12. The van der Waals surface area contributed by atoms with E-state index in [0.717, 1.165) is 28.6 Å². The van der Waals surface area contributed by atoms with Crippen molar-refractivity contribution in [3.8, 4) is 0 Å². The van der Waals surface area contributed by atoms with Crippen molar-refractivity contribution in [3.05, 3.63) is 38.1 Å². The van der Waals surface area contributed by atoms with Crippen LogP contribution in [0.25, 0.3) is 20.4 Å². The van der Waals surface area contributed by atoms with Crippen LogP contribution in [0.5, 0.6) is 0 Å². The molecular weight excluding hydrogens is 410 g/mol. The topological polar surface area (TPSA) is 86.7 Å². The molecule has 5 rings (SSSR count). The molecule has 9 heteroatoms. The molecule has 1 aliphatic rings. The van der Waals surface area contributed by atoms with Gasteiger partial charge in [0.25, 0.3) is 5.56 Å². The van der Waals surface area contributed by atoms with Crippen LogP contribution >= 0.6 is 34.4 Å². The van der Waals surface area contributed by atoms with Gasteiger partial charge < -0.3 is 5.73 Å². The Kier molecular flexibility index (Phi) is 4.60. The van der Waals surface area contributed by atoms with E-state index in [1.165, 1.54) is 46.4 Å². The summed E-state index contributed by atoms with van der Waals surface area (Å²) >= 11 is 4.68. The van der Waals surface area contributed by atoms with Gasteiger partial charge in [-0.25, -0.2) is 15.0 Å². The van der Waals surface area contributed by atoms with E-state index >= 15 is 0 Å². The summed E-state index contributed by atoms with van der Waals surface area (Å²) in [5.74, 6) is 1.80. The maximum atomic E-state index is 12.7. The smallest absolute Gasteiger partial charge is 0.272 e. The van der Waals surface area contributed by atoms with Gasteiger partial charge in [0.1, 0.15) is 21.2 Å². The quantitative estimate of drug-likeness (QED) is 0.386. The SMILES string of the molecule is CCn1c(SCc2nc(N)c3c4c(sc3n2)CCCC4)nc2ccsc2c1=O. The van der Waals surface area contributed by atoms with Crippen molar-refractivity contribution in [1.29, 1.82) is 0 Å². The second-order valence-corrected chi connectivity index (χ2v) is 9.73. The first-order valence-electron chi connectivity index (χ1n) is 9.33. The van der Waals surface area contributed by atoms with Crippen LogP contribution in [-0.4, -0.2) is 19.5 Å². The highest BCUT2D eigenvalue weighted by Crippen LogP contribution is 2.38. The zero-order chi connectivity index (χ0) is 19.3. The lowest BCUT2D eigenvalue weighted by Crippen LogP contribution is -2.21. The maximum Gasteiger partial charge on any atom is 0.272 e. The summed E-state index contributed by atoms with van der Waals surface area (Å²) in [5, 5.41) is 3.66. The predicted molar refractivity (Wildman–Crippen MR) is 118 cm³/mol. The van der Waals surface area contributed by atoms with Gasteiger partial charge >= 0.3 is 0 Å². The molecule has 0 aliphatic heterocycles. The molecule has 0 radical (unpaired) electrons. The molecule has 1 aliphatic carbocycles. The Morgan fingerprint density at radius 2 is 2.11 bits per heavy atom. The van der Waals surface area contributed by atoms with Gasteiger partial charge in [-0.1, -0.05) is 11.8 Å². The van der Waals surface area contributed by atoms with Crippen LogP contribution in [0.3, 0.4) is 0 Å². The van der Waals surface area contributed by atoms with Crippen LogP contribution in [0.4, 0.5) is 5.82 Å². The summed E-state index contributed by atoms with van der Waals surface area (Å²) in [6.45, 7) is 2.55. The normalized spacial score (nSPS) is 14.0. The number of nitrogen functional groups attached to an aromatic ring is 1. The highest BCUT2D eigenvalue weighted by molar-refractivity contribution is 7.98. The Hall–Kier alpha value is -1.97. The third kappa shape index (κ3) is 2.92. The van der Waals surface area contributed by atoms with E-state index in [0.29, 0.717) is 33.8 Å². The Bertz CT molecular complexity index is 1260. The predicted octanol–water partition coefficient (Wildman–Crippen LogP) is 4.24. The van der Waals surface area contributed by atoms with Crippen molar-refractivity contribution >= 4 is 60.7 Å². The van der Waals surface area contributed by atoms with Crippen molar-refractivity contribution in [2.75, 3.05) is 5.73 Å². The van der Waals surface area contributed by atoms with Crippen molar-refractivity contribution < 1.29 is 0 Å². The third-order valence-electron chi connectivity index (χ3n) is 5.07. The van der Waals surface area contributed by atoms with Gasteiger partial charge in [-0.15, -0.1) is 22.7 Å². The standard InChI is InChI=1S/C19H19N5OS3/c1-2-24-18(25)15-11(7-8-26-15)21-19(24)27-9-13-22-16(20)14-10-5-3-4-6-12(10)28-17(14)23-13/h7-8H,2-6,9H2,1H3,(H2,20,22,23). The molecule has 6 nitrogen and oxygen atoms in total.